The molecule has 14 heteroatoms. The highest BCUT2D eigenvalue weighted by molar-refractivity contribution is 5.85. The number of H-pyrrole nitrogens is 1. The third-order valence-electron chi connectivity index (χ3n) is 6.60. The molecule has 1 fully saturated rings. The number of hydrogen-bond donors (Lipinski definition) is 2. The van der Waals surface area contributed by atoms with Gasteiger partial charge in [-0.3, -0.25) is 4.98 Å². The van der Waals surface area contributed by atoms with Gasteiger partial charge in [0.1, 0.15) is 23.1 Å². The number of alkyl halides is 3. The van der Waals surface area contributed by atoms with Crippen LogP contribution in [0.3, 0.4) is 0 Å². The summed E-state index contributed by atoms with van der Waals surface area (Å²) in [4.78, 5) is 33.7. The highest BCUT2D eigenvalue weighted by Gasteiger charge is 2.35. The van der Waals surface area contributed by atoms with Gasteiger partial charge in [-0.25, -0.2) is 29.9 Å². The van der Waals surface area contributed by atoms with Crippen molar-refractivity contribution in [3.63, 3.8) is 0 Å². The number of anilines is 1. The molecule has 2 N–H and O–H groups in total. The Bertz CT molecular complexity index is 1670. The van der Waals surface area contributed by atoms with E-state index in [-0.39, 0.29) is 11.9 Å². The van der Waals surface area contributed by atoms with E-state index in [1.807, 2.05) is 0 Å². The number of fused-ring (bicyclic) bond motifs is 1. The van der Waals surface area contributed by atoms with Gasteiger partial charge >= 0.3 is 6.18 Å². The third kappa shape index (κ3) is 4.80. The SMILES string of the molecule is COc1ncnc(C2CC2)c1-c1nc(NCc2ccc(-c3nc(C(F)(F)F)cn3C(C)C)nc2)c2[nH]cnc2n1. The summed E-state index contributed by atoms with van der Waals surface area (Å²) in [5.41, 5.74) is 2.76. The van der Waals surface area contributed by atoms with Gasteiger partial charge in [0, 0.05) is 30.9 Å². The molecule has 0 atom stereocenters. The van der Waals surface area contributed by atoms with E-state index in [1.165, 1.54) is 17.2 Å². The first-order valence-electron chi connectivity index (χ1n) is 12.7. The zero-order valence-electron chi connectivity index (χ0n) is 21.9. The maximum absolute atomic E-state index is 13.3. The Hall–Kier alpha value is -4.62. The largest absolute Gasteiger partial charge is 0.480 e. The minimum Gasteiger partial charge on any atom is -0.480 e. The van der Waals surface area contributed by atoms with Gasteiger partial charge in [-0.2, -0.15) is 13.2 Å². The van der Waals surface area contributed by atoms with Crippen molar-refractivity contribution in [3.8, 4) is 28.8 Å². The van der Waals surface area contributed by atoms with Crippen LogP contribution in [0.5, 0.6) is 5.88 Å². The Kier molecular flexibility index (Phi) is 6.31. The van der Waals surface area contributed by atoms with Crippen LogP contribution in [-0.4, -0.2) is 51.5 Å². The first-order valence-corrected chi connectivity index (χ1v) is 12.7. The number of ether oxygens (including phenoxy) is 1. The highest BCUT2D eigenvalue weighted by atomic mass is 19.4. The van der Waals surface area contributed by atoms with Crippen molar-refractivity contribution in [2.24, 2.45) is 0 Å². The van der Waals surface area contributed by atoms with Crippen molar-refractivity contribution in [3.05, 3.63) is 54.1 Å². The average Bonchev–Trinajstić information content (AvgIpc) is 3.48. The van der Waals surface area contributed by atoms with Crippen molar-refractivity contribution in [1.29, 1.82) is 0 Å². The maximum Gasteiger partial charge on any atom is 0.434 e. The lowest BCUT2D eigenvalue weighted by atomic mass is 10.1. The van der Waals surface area contributed by atoms with E-state index in [9.17, 15) is 13.2 Å². The van der Waals surface area contributed by atoms with E-state index < -0.39 is 11.9 Å². The van der Waals surface area contributed by atoms with E-state index in [0.29, 0.717) is 52.4 Å². The van der Waals surface area contributed by atoms with Crippen molar-refractivity contribution in [2.75, 3.05) is 12.4 Å². The molecule has 0 amide bonds. The van der Waals surface area contributed by atoms with Crippen molar-refractivity contribution < 1.29 is 17.9 Å². The van der Waals surface area contributed by atoms with Gasteiger partial charge < -0.3 is 19.6 Å². The van der Waals surface area contributed by atoms with Gasteiger partial charge in [0.15, 0.2) is 28.8 Å². The smallest absolute Gasteiger partial charge is 0.434 e. The van der Waals surface area contributed by atoms with Crippen LogP contribution in [0.1, 0.15) is 55.6 Å². The zero-order chi connectivity index (χ0) is 28.0. The fourth-order valence-corrected chi connectivity index (χ4v) is 4.45. The van der Waals surface area contributed by atoms with Crippen LogP contribution in [0.2, 0.25) is 0 Å². The van der Waals surface area contributed by atoms with Gasteiger partial charge in [0.05, 0.1) is 19.1 Å². The predicted octanol–water partition coefficient (Wildman–Crippen LogP) is 5.17. The minimum atomic E-state index is -4.54. The minimum absolute atomic E-state index is 0.159. The molecular formula is C26H25F3N10O. The third-order valence-corrected chi connectivity index (χ3v) is 6.60. The van der Waals surface area contributed by atoms with Gasteiger partial charge in [-0.15, -0.1) is 0 Å². The first-order chi connectivity index (χ1) is 19.2. The van der Waals surface area contributed by atoms with Crippen LogP contribution < -0.4 is 10.1 Å². The molecule has 5 aromatic heterocycles. The molecule has 1 aliphatic carbocycles. The summed E-state index contributed by atoms with van der Waals surface area (Å²) in [5, 5.41) is 3.30. The molecule has 6 rings (SSSR count). The molecule has 1 saturated carbocycles. The van der Waals surface area contributed by atoms with E-state index in [1.54, 1.807) is 39.3 Å². The number of nitrogens with zero attached hydrogens (tertiary/aromatic N) is 8. The Balaban J connectivity index is 1.29. The number of aromatic nitrogens is 9. The highest BCUT2D eigenvalue weighted by Crippen LogP contribution is 2.45. The quantitative estimate of drug-likeness (QED) is 0.269. The van der Waals surface area contributed by atoms with Crippen LogP contribution in [0.4, 0.5) is 19.0 Å². The Morgan fingerprint density at radius 3 is 2.60 bits per heavy atom. The monoisotopic (exact) mass is 550 g/mol. The topological polar surface area (TPSA) is 132 Å². The molecule has 40 heavy (non-hydrogen) atoms. The Morgan fingerprint density at radius 1 is 1.10 bits per heavy atom. The molecule has 0 bridgehead atoms. The second-order valence-electron chi connectivity index (χ2n) is 9.77. The van der Waals surface area contributed by atoms with Crippen molar-refractivity contribution in [2.45, 2.75) is 51.4 Å². The van der Waals surface area contributed by atoms with Crippen LogP contribution in [0, 0.1) is 0 Å². The summed E-state index contributed by atoms with van der Waals surface area (Å²) in [6.45, 7) is 3.92. The molecule has 206 valence electrons. The van der Waals surface area contributed by atoms with Gasteiger partial charge in [0.25, 0.3) is 0 Å². The summed E-state index contributed by atoms with van der Waals surface area (Å²) >= 11 is 0. The molecule has 5 heterocycles. The summed E-state index contributed by atoms with van der Waals surface area (Å²) in [6, 6.07) is 3.22. The van der Waals surface area contributed by atoms with Gasteiger partial charge in [0.2, 0.25) is 5.88 Å². The van der Waals surface area contributed by atoms with E-state index in [4.69, 9.17) is 9.72 Å². The lowest BCUT2D eigenvalue weighted by molar-refractivity contribution is -0.140. The molecule has 0 saturated heterocycles. The number of aromatic amines is 1. The van der Waals surface area contributed by atoms with E-state index >= 15 is 0 Å². The number of methoxy groups -OCH3 is 1. The molecule has 0 aromatic carbocycles. The number of rotatable bonds is 8. The van der Waals surface area contributed by atoms with Crippen LogP contribution in [0.25, 0.3) is 34.1 Å². The molecule has 1 aliphatic rings. The molecule has 5 aromatic rings. The van der Waals surface area contributed by atoms with Crippen LogP contribution in [-0.2, 0) is 12.7 Å². The normalized spacial score (nSPS) is 13.8. The second-order valence-corrected chi connectivity index (χ2v) is 9.77. The summed E-state index contributed by atoms with van der Waals surface area (Å²) < 4.78 is 46.8. The van der Waals surface area contributed by atoms with Gasteiger partial charge in [-0.1, -0.05) is 6.07 Å². The molecule has 0 spiro atoms. The summed E-state index contributed by atoms with van der Waals surface area (Å²) in [5.74, 6) is 1.78. The van der Waals surface area contributed by atoms with Crippen LogP contribution in [0.15, 0.2) is 37.2 Å². The van der Waals surface area contributed by atoms with Gasteiger partial charge in [-0.05, 0) is 38.3 Å². The Labute approximate surface area is 226 Å². The number of imidazole rings is 2. The molecular weight excluding hydrogens is 525 g/mol. The number of nitrogens with one attached hydrogen (secondary N) is 2. The molecule has 11 nitrogen and oxygen atoms in total. The zero-order valence-corrected chi connectivity index (χ0v) is 21.9. The summed E-state index contributed by atoms with van der Waals surface area (Å²) in [6.07, 6.45) is 3.15. The lowest BCUT2D eigenvalue weighted by Gasteiger charge is -2.13. The maximum atomic E-state index is 13.3. The van der Waals surface area contributed by atoms with E-state index in [0.717, 1.165) is 30.3 Å². The number of halogens is 3. The standard InChI is InChI=1S/C26H25F3N10O/c1-13(2)39-10-17(26(27,28)29)36-24(39)16-7-4-14(8-30-16)9-31-22-20-23(34-11-33-20)38-21(37-22)18-19(15-5-6-15)32-12-35-25(18)40-3/h4,7-8,10-13,15H,5-6,9H2,1-3H3,(H2,31,33,34,37,38). The van der Waals surface area contributed by atoms with E-state index in [2.05, 4.69) is 40.2 Å². The Morgan fingerprint density at radius 2 is 1.93 bits per heavy atom. The average molecular weight is 551 g/mol. The second kappa shape index (κ2) is 9.84. The summed E-state index contributed by atoms with van der Waals surface area (Å²) in [7, 11) is 1.54. The van der Waals surface area contributed by atoms with Crippen LogP contribution >= 0.6 is 0 Å². The lowest BCUT2D eigenvalue weighted by Crippen LogP contribution is -2.07. The molecule has 0 aliphatic heterocycles. The predicted molar refractivity (Wildman–Crippen MR) is 139 cm³/mol. The number of hydrogen-bond acceptors (Lipinski definition) is 9. The molecule has 0 unspecified atom stereocenters. The number of pyridine rings is 1. The van der Waals surface area contributed by atoms with Crippen molar-refractivity contribution in [1.82, 2.24) is 44.4 Å². The first kappa shape index (κ1) is 25.6. The fraction of sp³-hybridized carbons (Fsp3) is 0.346. The molecule has 0 radical (unpaired) electrons. The van der Waals surface area contributed by atoms with Crippen molar-refractivity contribution >= 4 is 17.0 Å². The fourth-order valence-electron chi connectivity index (χ4n) is 4.45.